The number of carbonyl (C=O) groups excluding carboxylic acids is 1. The second kappa shape index (κ2) is 7.09. The fourth-order valence-electron chi connectivity index (χ4n) is 1.84. The van der Waals surface area contributed by atoms with Crippen LogP contribution in [-0.2, 0) is 4.74 Å². The lowest BCUT2D eigenvalue weighted by atomic mass is 10.3. The molecule has 6 nitrogen and oxygen atoms in total. The van der Waals surface area contributed by atoms with Crippen molar-refractivity contribution < 1.29 is 14.3 Å². The second-order valence-electron chi connectivity index (χ2n) is 4.21. The highest BCUT2D eigenvalue weighted by Crippen LogP contribution is 2.20. The number of hydrogen-bond donors (Lipinski definition) is 0. The third kappa shape index (κ3) is 3.28. The molecule has 0 aliphatic heterocycles. The summed E-state index contributed by atoms with van der Waals surface area (Å²) in [6, 6.07) is 7.91. The number of para-hydroxylation sites is 1. The third-order valence-electron chi connectivity index (χ3n) is 2.75. The van der Waals surface area contributed by atoms with Crippen molar-refractivity contribution in [2.24, 2.45) is 0 Å². The fourth-order valence-corrected chi connectivity index (χ4v) is 2.06. The van der Waals surface area contributed by atoms with E-state index in [2.05, 4.69) is 5.10 Å². The molecule has 0 bridgehead atoms. The van der Waals surface area contributed by atoms with Gasteiger partial charge >= 0.3 is 5.97 Å². The molecule has 22 heavy (non-hydrogen) atoms. The van der Waals surface area contributed by atoms with Crippen molar-refractivity contribution in [1.29, 1.82) is 0 Å². The minimum atomic E-state index is -0.660. The summed E-state index contributed by atoms with van der Waals surface area (Å²) in [5, 5.41) is 4.40. The lowest BCUT2D eigenvalue weighted by Gasteiger charge is -2.12. The first-order valence-corrected chi connectivity index (χ1v) is 7.15. The van der Waals surface area contributed by atoms with Crippen LogP contribution in [0.3, 0.4) is 0 Å². The van der Waals surface area contributed by atoms with Crippen LogP contribution in [0.5, 0.6) is 5.75 Å². The molecule has 0 amide bonds. The highest BCUT2D eigenvalue weighted by atomic mass is 35.5. The largest absolute Gasteiger partial charge is 0.491 e. The summed E-state index contributed by atoms with van der Waals surface area (Å²) in [4.78, 5) is 24.2. The van der Waals surface area contributed by atoms with Crippen LogP contribution in [0.1, 0.15) is 24.3 Å². The minimum absolute atomic E-state index is 0.0665. The number of rotatable bonds is 5. The Morgan fingerprint density at radius 3 is 2.64 bits per heavy atom. The molecule has 1 aromatic carbocycles. The predicted octanol–water partition coefficient (Wildman–Crippen LogP) is 2.46. The van der Waals surface area contributed by atoms with Crippen LogP contribution in [0.25, 0.3) is 5.69 Å². The van der Waals surface area contributed by atoms with Crippen molar-refractivity contribution in [3.8, 4) is 11.4 Å². The van der Waals surface area contributed by atoms with E-state index in [0.717, 1.165) is 4.68 Å². The smallest absolute Gasteiger partial charge is 0.362 e. The normalized spacial score (nSPS) is 10.3. The van der Waals surface area contributed by atoms with Gasteiger partial charge in [-0.15, -0.1) is 0 Å². The number of hydrogen-bond acceptors (Lipinski definition) is 5. The van der Waals surface area contributed by atoms with Gasteiger partial charge in [-0.05, 0) is 26.0 Å². The van der Waals surface area contributed by atoms with Gasteiger partial charge in [0.05, 0.1) is 30.0 Å². The van der Waals surface area contributed by atoms with E-state index in [1.807, 2.05) is 0 Å². The molecule has 7 heteroatoms. The predicted molar refractivity (Wildman–Crippen MR) is 82.0 cm³/mol. The number of halogens is 1. The second-order valence-corrected chi connectivity index (χ2v) is 4.62. The summed E-state index contributed by atoms with van der Waals surface area (Å²) in [6.07, 6.45) is 0. The van der Waals surface area contributed by atoms with E-state index in [9.17, 15) is 9.59 Å². The van der Waals surface area contributed by atoms with Crippen LogP contribution in [0, 0.1) is 0 Å². The molecule has 2 rings (SSSR count). The average molecular weight is 323 g/mol. The molecule has 2 aromatic rings. The molecule has 0 saturated heterocycles. The molecule has 0 unspecified atom stereocenters. The number of ether oxygens (including phenoxy) is 2. The maximum absolute atomic E-state index is 12.2. The third-order valence-corrected chi connectivity index (χ3v) is 3.07. The molecule has 116 valence electrons. The quantitative estimate of drug-likeness (QED) is 0.791. The van der Waals surface area contributed by atoms with Gasteiger partial charge in [0.1, 0.15) is 0 Å². The SMILES string of the molecule is CCOC(=O)c1nn(-c2ccccc2Cl)c(=O)cc1OCC. The highest BCUT2D eigenvalue weighted by Gasteiger charge is 2.20. The van der Waals surface area contributed by atoms with Crippen LogP contribution >= 0.6 is 11.6 Å². The Hall–Kier alpha value is -2.34. The molecule has 0 aliphatic carbocycles. The zero-order chi connectivity index (χ0) is 16.1. The van der Waals surface area contributed by atoms with Crippen LogP contribution < -0.4 is 10.3 Å². The number of carbonyl (C=O) groups is 1. The van der Waals surface area contributed by atoms with Crippen molar-refractivity contribution in [2.75, 3.05) is 13.2 Å². The fraction of sp³-hybridized carbons (Fsp3) is 0.267. The van der Waals surface area contributed by atoms with E-state index in [1.54, 1.807) is 38.1 Å². The molecule has 0 N–H and O–H groups in total. The van der Waals surface area contributed by atoms with E-state index in [-0.39, 0.29) is 18.1 Å². The number of nitrogens with zero attached hydrogens (tertiary/aromatic N) is 2. The van der Waals surface area contributed by atoms with Crippen LogP contribution in [0.15, 0.2) is 35.1 Å². The van der Waals surface area contributed by atoms with Gasteiger partial charge in [-0.2, -0.15) is 9.78 Å². The van der Waals surface area contributed by atoms with Gasteiger partial charge in [0.25, 0.3) is 5.56 Å². The van der Waals surface area contributed by atoms with Gasteiger partial charge in [-0.1, -0.05) is 23.7 Å². The van der Waals surface area contributed by atoms with Gasteiger partial charge in [0.2, 0.25) is 5.69 Å². The van der Waals surface area contributed by atoms with Crippen molar-refractivity contribution in [3.63, 3.8) is 0 Å². The van der Waals surface area contributed by atoms with E-state index < -0.39 is 11.5 Å². The first-order chi connectivity index (χ1) is 10.6. The molecule has 0 fully saturated rings. The van der Waals surface area contributed by atoms with Gasteiger partial charge in [0.15, 0.2) is 5.75 Å². The van der Waals surface area contributed by atoms with Crippen molar-refractivity contribution in [2.45, 2.75) is 13.8 Å². The van der Waals surface area contributed by atoms with Gasteiger partial charge in [0, 0.05) is 0 Å². The van der Waals surface area contributed by atoms with Crippen LogP contribution in [0.2, 0.25) is 5.02 Å². The molecule has 1 heterocycles. The number of aromatic nitrogens is 2. The molecule has 0 aliphatic rings. The molecule has 0 atom stereocenters. The molecule has 0 saturated carbocycles. The topological polar surface area (TPSA) is 70.4 Å². The summed E-state index contributed by atoms with van der Waals surface area (Å²) < 4.78 is 11.3. The lowest BCUT2D eigenvalue weighted by molar-refractivity contribution is 0.0512. The lowest BCUT2D eigenvalue weighted by Crippen LogP contribution is -2.25. The Labute approximate surface area is 132 Å². The Bertz CT molecular complexity index is 743. The Morgan fingerprint density at radius 1 is 1.27 bits per heavy atom. The van der Waals surface area contributed by atoms with Crippen LogP contribution in [-0.4, -0.2) is 29.0 Å². The summed E-state index contributed by atoms with van der Waals surface area (Å²) in [7, 11) is 0. The van der Waals surface area contributed by atoms with Crippen molar-refractivity contribution >= 4 is 17.6 Å². The summed E-state index contributed by atoms with van der Waals surface area (Å²) in [5.74, 6) is -0.569. The maximum Gasteiger partial charge on any atom is 0.362 e. The summed E-state index contributed by atoms with van der Waals surface area (Å²) in [5.41, 5.74) is -0.143. The number of esters is 1. The Morgan fingerprint density at radius 2 is 2.00 bits per heavy atom. The van der Waals surface area contributed by atoms with E-state index in [0.29, 0.717) is 17.3 Å². The zero-order valence-corrected chi connectivity index (χ0v) is 13.0. The van der Waals surface area contributed by atoms with Crippen LogP contribution in [0.4, 0.5) is 0 Å². The first kappa shape index (κ1) is 16.0. The first-order valence-electron chi connectivity index (χ1n) is 6.77. The molecule has 1 aromatic heterocycles. The Kier molecular flexibility index (Phi) is 5.16. The molecular weight excluding hydrogens is 308 g/mol. The number of benzene rings is 1. The summed E-state index contributed by atoms with van der Waals surface area (Å²) >= 11 is 6.08. The van der Waals surface area contributed by atoms with E-state index in [4.69, 9.17) is 21.1 Å². The monoisotopic (exact) mass is 322 g/mol. The van der Waals surface area contributed by atoms with Gasteiger partial charge in [-0.25, -0.2) is 4.79 Å². The Balaban J connectivity index is 2.62. The summed E-state index contributed by atoms with van der Waals surface area (Å²) in [6.45, 7) is 3.91. The molecule has 0 radical (unpaired) electrons. The van der Waals surface area contributed by atoms with E-state index in [1.165, 1.54) is 6.07 Å². The standard InChI is InChI=1S/C15H15ClN2O4/c1-3-21-12-9-13(19)18(11-8-6-5-7-10(11)16)17-14(12)15(20)22-4-2/h5-9H,3-4H2,1-2H3. The van der Waals surface area contributed by atoms with Gasteiger partial charge < -0.3 is 9.47 Å². The minimum Gasteiger partial charge on any atom is -0.491 e. The maximum atomic E-state index is 12.2. The van der Waals surface area contributed by atoms with E-state index >= 15 is 0 Å². The highest BCUT2D eigenvalue weighted by molar-refractivity contribution is 6.32. The van der Waals surface area contributed by atoms with Crippen molar-refractivity contribution in [1.82, 2.24) is 9.78 Å². The average Bonchev–Trinajstić information content (AvgIpc) is 2.49. The zero-order valence-electron chi connectivity index (χ0n) is 12.2. The van der Waals surface area contributed by atoms with Crippen molar-refractivity contribution in [3.05, 3.63) is 51.4 Å². The molecular formula is C15H15ClN2O4. The van der Waals surface area contributed by atoms with Gasteiger partial charge in [-0.3, -0.25) is 4.79 Å². The molecule has 0 spiro atoms.